The maximum absolute atomic E-state index is 13.3. The number of carbonyl (C=O) groups excluding carboxylic acids is 2. The largest absolute Gasteiger partial charge is 0.465 e. The predicted molar refractivity (Wildman–Crippen MR) is 96.2 cm³/mol. The minimum Gasteiger partial charge on any atom is -0.465 e. The van der Waals surface area contributed by atoms with Crippen molar-refractivity contribution in [3.8, 4) is 5.75 Å². The normalized spacial score (nSPS) is 24.2. The Morgan fingerprint density at radius 3 is 2.88 bits per heavy atom. The van der Waals surface area contributed by atoms with Gasteiger partial charge in [0, 0.05) is 16.8 Å². The van der Waals surface area contributed by atoms with Crippen LogP contribution < -0.4 is 15.0 Å². The Morgan fingerprint density at radius 1 is 1.32 bits per heavy atom. The van der Waals surface area contributed by atoms with Crippen LogP contribution in [0.25, 0.3) is 0 Å². The van der Waals surface area contributed by atoms with Crippen molar-refractivity contribution in [3.63, 3.8) is 0 Å². The summed E-state index contributed by atoms with van der Waals surface area (Å²) in [6, 6.07) is 12.6. The lowest BCUT2D eigenvalue weighted by Gasteiger charge is -2.37. The molecule has 0 saturated carbocycles. The summed E-state index contributed by atoms with van der Waals surface area (Å²) in [6.45, 7) is 3.48. The summed E-state index contributed by atoms with van der Waals surface area (Å²) < 4.78 is 5.86. The van der Waals surface area contributed by atoms with Crippen LogP contribution in [0.5, 0.6) is 5.75 Å². The summed E-state index contributed by atoms with van der Waals surface area (Å²) in [5, 5.41) is 3.22. The number of hydrogen-bond acceptors (Lipinski definition) is 3. The zero-order valence-corrected chi connectivity index (χ0v) is 14.6. The van der Waals surface area contributed by atoms with Crippen LogP contribution in [0.3, 0.4) is 0 Å². The van der Waals surface area contributed by atoms with Gasteiger partial charge in [-0.2, -0.15) is 0 Å². The van der Waals surface area contributed by atoms with Gasteiger partial charge in [-0.25, -0.2) is 0 Å². The number of benzene rings is 2. The maximum atomic E-state index is 13.3. The summed E-state index contributed by atoms with van der Waals surface area (Å²) in [4.78, 5) is 27.6. The number of rotatable bonds is 1. The van der Waals surface area contributed by atoms with E-state index in [1.165, 1.54) is 6.92 Å². The third-order valence-corrected chi connectivity index (χ3v) is 5.01. The van der Waals surface area contributed by atoms with Crippen molar-refractivity contribution in [2.45, 2.75) is 31.9 Å². The van der Waals surface area contributed by atoms with Crippen molar-refractivity contribution in [1.29, 1.82) is 0 Å². The molecule has 128 valence electrons. The van der Waals surface area contributed by atoms with Gasteiger partial charge in [0.1, 0.15) is 5.75 Å². The van der Waals surface area contributed by atoms with Crippen molar-refractivity contribution in [2.75, 3.05) is 10.2 Å². The summed E-state index contributed by atoms with van der Waals surface area (Å²) in [7, 11) is 0. The molecule has 6 heteroatoms. The van der Waals surface area contributed by atoms with Crippen LogP contribution in [0, 0.1) is 0 Å². The summed E-state index contributed by atoms with van der Waals surface area (Å²) in [6.07, 6.45) is 0.756. The molecule has 0 fully saturated rings. The highest BCUT2D eigenvalue weighted by Crippen LogP contribution is 2.39. The molecule has 0 aliphatic carbocycles. The van der Waals surface area contributed by atoms with Crippen molar-refractivity contribution in [3.05, 3.63) is 53.1 Å². The first-order valence-corrected chi connectivity index (χ1v) is 8.49. The number of ether oxygens (including phenoxy) is 1. The Balaban J connectivity index is 1.72. The van der Waals surface area contributed by atoms with E-state index in [1.807, 2.05) is 31.2 Å². The second-order valence-corrected chi connectivity index (χ2v) is 7.02. The second kappa shape index (κ2) is 5.49. The van der Waals surface area contributed by atoms with E-state index in [-0.39, 0.29) is 11.9 Å². The number of nitrogens with one attached hydrogen (secondary N) is 1. The first kappa shape index (κ1) is 16.0. The number of halogens is 1. The molecule has 0 aromatic heterocycles. The van der Waals surface area contributed by atoms with Crippen LogP contribution in [-0.4, -0.2) is 23.5 Å². The molecule has 2 aliphatic heterocycles. The lowest BCUT2D eigenvalue weighted by atomic mass is 10.00. The molecular weight excluding hydrogens is 340 g/mol. The number of hydrogen-bond donors (Lipinski definition) is 1. The molecule has 2 unspecified atom stereocenters. The van der Waals surface area contributed by atoms with E-state index in [4.69, 9.17) is 16.3 Å². The smallest absolute Gasteiger partial charge is 0.281 e. The topological polar surface area (TPSA) is 58.6 Å². The first-order valence-electron chi connectivity index (χ1n) is 8.12. The molecule has 0 bridgehead atoms. The van der Waals surface area contributed by atoms with E-state index < -0.39 is 11.5 Å². The monoisotopic (exact) mass is 356 g/mol. The third-order valence-electron chi connectivity index (χ3n) is 4.77. The van der Waals surface area contributed by atoms with Crippen molar-refractivity contribution < 1.29 is 14.3 Å². The Kier molecular flexibility index (Phi) is 3.51. The Morgan fingerprint density at radius 2 is 2.08 bits per heavy atom. The van der Waals surface area contributed by atoms with Crippen LogP contribution in [0.15, 0.2) is 42.5 Å². The molecule has 2 aromatic carbocycles. The minimum atomic E-state index is -1.63. The Bertz CT molecular complexity index is 898. The van der Waals surface area contributed by atoms with Crippen LogP contribution >= 0.6 is 11.6 Å². The van der Waals surface area contributed by atoms with Crippen LogP contribution in [-0.2, 0) is 16.0 Å². The number of amides is 2. The molecule has 2 aliphatic rings. The molecule has 0 saturated heterocycles. The zero-order chi connectivity index (χ0) is 17.8. The predicted octanol–water partition coefficient (Wildman–Crippen LogP) is 3.41. The van der Waals surface area contributed by atoms with Crippen LogP contribution in [0.2, 0.25) is 5.02 Å². The number of nitrogens with zero attached hydrogens (tertiary/aromatic N) is 1. The van der Waals surface area contributed by atoms with E-state index in [1.54, 1.807) is 23.1 Å². The van der Waals surface area contributed by atoms with Crippen LogP contribution in [0.1, 0.15) is 19.4 Å². The average molecular weight is 357 g/mol. The average Bonchev–Trinajstić information content (AvgIpc) is 2.91. The molecule has 2 aromatic rings. The summed E-state index contributed by atoms with van der Waals surface area (Å²) in [5.74, 6) is -0.438. The lowest BCUT2D eigenvalue weighted by molar-refractivity contribution is -0.145. The number of para-hydroxylation sites is 1. The molecule has 4 rings (SSSR count). The molecule has 5 nitrogen and oxygen atoms in total. The van der Waals surface area contributed by atoms with E-state index in [9.17, 15) is 9.59 Å². The van der Waals surface area contributed by atoms with Crippen LogP contribution in [0.4, 0.5) is 11.4 Å². The van der Waals surface area contributed by atoms with Gasteiger partial charge in [-0.15, -0.1) is 0 Å². The quantitative estimate of drug-likeness (QED) is 0.797. The van der Waals surface area contributed by atoms with Crippen molar-refractivity contribution >= 4 is 34.8 Å². The van der Waals surface area contributed by atoms with E-state index in [2.05, 4.69) is 5.32 Å². The zero-order valence-electron chi connectivity index (χ0n) is 13.9. The number of anilines is 2. The fourth-order valence-corrected chi connectivity index (χ4v) is 3.61. The van der Waals surface area contributed by atoms with Gasteiger partial charge in [0.2, 0.25) is 0 Å². The van der Waals surface area contributed by atoms with Gasteiger partial charge in [-0.05, 0) is 50.1 Å². The molecule has 1 N–H and O–H groups in total. The summed E-state index contributed by atoms with van der Waals surface area (Å²) >= 11 is 5.95. The van der Waals surface area contributed by atoms with Gasteiger partial charge in [0.25, 0.3) is 17.4 Å². The van der Waals surface area contributed by atoms with E-state index in [0.717, 1.165) is 17.7 Å². The molecule has 0 spiro atoms. The van der Waals surface area contributed by atoms with Crippen molar-refractivity contribution in [2.24, 2.45) is 0 Å². The van der Waals surface area contributed by atoms with Gasteiger partial charge in [-0.1, -0.05) is 29.8 Å². The second-order valence-electron chi connectivity index (χ2n) is 6.59. The number of carbonyl (C=O) groups is 2. The number of fused-ring (bicyclic) bond motifs is 2. The highest BCUT2D eigenvalue weighted by molar-refractivity contribution is 6.31. The van der Waals surface area contributed by atoms with E-state index >= 15 is 0 Å². The third kappa shape index (κ3) is 2.38. The molecule has 2 heterocycles. The van der Waals surface area contributed by atoms with Gasteiger partial charge in [0.05, 0.1) is 5.69 Å². The fraction of sp³-hybridized carbons (Fsp3) is 0.263. The Labute approximate surface area is 150 Å². The minimum absolute atomic E-state index is 0.0373. The van der Waals surface area contributed by atoms with Crippen molar-refractivity contribution in [1.82, 2.24) is 0 Å². The SMILES string of the molecule is CC1Cc2ccccc2N1C(=O)C1(C)Oc2ccc(Cl)cc2NC1=O. The van der Waals surface area contributed by atoms with Gasteiger partial charge in [-0.3, -0.25) is 9.59 Å². The molecular formula is C19H17ClN2O3. The van der Waals surface area contributed by atoms with E-state index in [0.29, 0.717) is 16.5 Å². The molecule has 2 atom stereocenters. The fourth-order valence-electron chi connectivity index (χ4n) is 3.44. The molecule has 2 amide bonds. The highest BCUT2D eigenvalue weighted by atomic mass is 35.5. The molecule has 25 heavy (non-hydrogen) atoms. The Hall–Kier alpha value is -2.53. The summed E-state index contributed by atoms with van der Waals surface area (Å²) in [5.41, 5.74) is 0.763. The van der Waals surface area contributed by atoms with Gasteiger partial charge < -0.3 is 15.0 Å². The van der Waals surface area contributed by atoms with Gasteiger partial charge >= 0.3 is 0 Å². The maximum Gasteiger partial charge on any atom is 0.281 e. The molecule has 0 radical (unpaired) electrons. The first-order chi connectivity index (χ1) is 11.9. The lowest BCUT2D eigenvalue weighted by Crippen LogP contribution is -2.60. The standard InChI is InChI=1S/C19H17ClN2O3/c1-11-9-12-5-3-4-6-15(12)22(11)18(24)19(2)17(23)21-14-10-13(20)7-8-16(14)25-19/h3-8,10-11H,9H2,1-2H3,(H,21,23). The van der Waals surface area contributed by atoms with Gasteiger partial charge in [0.15, 0.2) is 0 Å². The highest BCUT2D eigenvalue weighted by Gasteiger charge is 2.51.